The molecule has 0 saturated carbocycles. The van der Waals surface area contributed by atoms with Gasteiger partial charge in [-0.25, -0.2) is 4.79 Å². The third-order valence-electron chi connectivity index (χ3n) is 1.03. The Balaban J connectivity index is 3.21. The third kappa shape index (κ3) is 1.96. The minimum absolute atomic E-state index is 0.484. The smallest absolute Gasteiger partial charge is 0.348 e. The Morgan fingerprint density at radius 2 is 2.15 bits per heavy atom. The molecular weight excluding hydrogens is 257 g/mol. The highest BCUT2D eigenvalue weighted by atomic mass is 79.9. The van der Waals surface area contributed by atoms with E-state index < -0.39 is 22.2 Å². The van der Waals surface area contributed by atoms with Crippen LogP contribution < -0.4 is 0 Å². The van der Waals surface area contributed by atoms with Crippen molar-refractivity contribution in [3.8, 4) is 0 Å². The first kappa shape index (κ1) is 9.94. The lowest BCUT2D eigenvalue weighted by Gasteiger charge is -1.99. The number of rotatable bonds is 1. The monoisotopic (exact) mass is 256 g/mol. The van der Waals surface area contributed by atoms with E-state index in [-0.39, 0.29) is 0 Å². The summed E-state index contributed by atoms with van der Waals surface area (Å²) >= 11 is 2.54. The molecule has 0 aliphatic carbocycles. The van der Waals surface area contributed by atoms with Crippen LogP contribution in [0.3, 0.4) is 0 Å². The van der Waals surface area contributed by atoms with Gasteiger partial charge >= 0.3 is 6.18 Å². The summed E-state index contributed by atoms with van der Waals surface area (Å²) in [6.45, 7) is 0. The van der Waals surface area contributed by atoms with Crippen molar-refractivity contribution in [2.24, 2.45) is 4.99 Å². The van der Waals surface area contributed by atoms with Gasteiger partial charge in [0.05, 0.1) is 0 Å². The lowest BCUT2D eigenvalue weighted by molar-refractivity contribution is -0.156. The molecule has 0 aromatic carbocycles. The molecule has 0 saturated heterocycles. The standard InChI is InChI=1S/C5BrF3N2O2/c6-2-3(5(7,8)9)13-11-4(2)10-1-12. The average Bonchev–Trinajstić information content (AvgIpc) is 2.32. The number of aromatic nitrogens is 1. The molecule has 0 radical (unpaired) electrons. The second kappa shape index (κ2) is 3.31. The zero-order valence-electron chi connectivity index (χ0n) is 5.72. The molecule has 1 heterocycles. The highest BCUT2D eigenvalue weighted by molar-refractivity contribution is 9.10. The van der Waals surface area contributed by atoms with Gasteiger partial charge in [-0.2, -0.15) is 13.2 Å². The molecule has 0 spiro atoms. The molecule has 70 valence electrons. The Labute approximate surface area is 77.5 Å². The summed E-state index contributed by atoms with van der Waals surface area (Å²) in [5.41, 5.74) is 0. The van der Waals surface area contributed by atoms with Gasteiger partial charge < -0.3 is 4.52 Å². The normalized spacial score (nSPS) is 11.1. The Hall–Kier alpha value is -1.14. The quantitative estimate of drug-likeness (QED) is 0.573. The van der Waals surface area contributed by atoms with Gasteiger partial charge in [0, 0.05) is 0 Å². The highest BCUT2D eigenvalue weighted by Crippen LogP contribution is 2.39. The van der Waals surface area contributed by atoms with Gasteiger partial charge in [0.2, 0.25) is 11.9 Å². The van der Waals surface area contributed by atoms with Crippen molar-refractivity contribution in [1.29, 1.82) is 0 Å². The van der Waals surface area contributed by atoms with Crippen LogP contribution in [0.5, 0.6) is 0 Å². The van der Waals surface area contributed by atoms with Crippen molar-refractivity contribution < 1.29 is 22.5 Å². The number of hydrogen-bond donors (Lipinski definition) is 0. The van der Waals surface area contributed by atoms with Crippen molar-refractivity contribution in [2.45, 2.75) is 6.18 Å². The third-order valence-corrected chi connectivity index (χ3v) is 1.74. The Morgan fingerprint density at radius 1 is 1.54 bits per heavy atom. The van der Waals surface area contributed by atoms with Crippen molar-refractivity contribution >= 4 is 27.8 Å². The first-order valence-electron chi connectivity index (χ1n) is 2.77. The van der Waals surface area contributed by atoms with Crippen LogP contribution in [0.15, 0.2) is 14.0 Å². The van der Waals surface area contributed by atoms with Gasteiger partial charge in [-0.05, 0) is 15.9 Å². The highest BCUT2D eigenvalue weighted by Gasteiger charge is 2.39. The van der Waals surface area contributed by atoms with Gasteiger partial charge in [-0.1, -0.05) is 5.16 Å². The van der Waals surface area contributed by atoms with Crippen LogP contribution in [0.4, 0.5) is 19.0 Å². The molecule has 4 nitrogen and oxygen atoms in total. The molecule has 0 amide bonds. The molecule has 0 N–H and O–H groups in total. The van der Waals surface area contributed by atoms with Crippen molar-refractivity contribution in [3.63, 3.8) is 0 Å². The first-order valence-corrected chi connectivity index (χ1v) is 3.56. The molecule has 1 aromatic heterocycles. The lowest BCUT2D eigenvalue weighted by Crippen LogP contribution is -2.03. The number of alkyl halides is 3. The average molecular weight is 257 g/mol. The second-order valence-electron chi connectivity index (χ2n) is 1.85. The maximum Gasteiger partial charge on any atom is 0.453 e. The summed E-state index contributed by atoms with van der Waals surface area (Å²) < 4.78 is 39.4. The lowest BCUT2D eigenvalue weighted by atomic mass is 10.4. The number of isocyanates is 1. The number of carbonyl (C=O) groups excluding carboxylic acids is 1. The van der Waals surface area contributed by atoms with Gasteiger partial charge in [0.25, 0.3) is 5.76 Å². The van der Waals surface area contributed by atoms with E-state index in [9.17, 15) is 18.0 Å². The van der Waals surface area contributed by atoms with Gasteiger partial charge in [0.15, 0.2) is 0 Å². The second-order valence-corrected chi connectivity index (χ2v) is 2.64. The summed E-state index contributed by atoms with van der Waals surface area (Å²) in [6.07, 6.45) is -3.62. The van der Waals surface area contributed by atoms with Crippen LogP contribution in [-0.4, -0.2) is 11.2 Å². The molecule has 1 aromatic rings. The summed E-state index contributed by atoms with van der Waals surface area (Å²) in [5, 5.41) is 2.90. The minimum atomic E-state index is -4.66. The first-order chi connectivity index (χ1) is 5.96. The predicted octanol–water partition coefficient (Wildman–Crippen LogP) is 2.42. The molecule has 13 heavy (non-hydrogen) atoms. The predicted molar refractivity (Wildman–Crippen MR) is 37.0 cm³/mol. The van der Waals surface area contributed by atoms with E-state index in [1.165, 1.54) is 0 Å². The summed E-state index contributed by atoms with van der Waals surface area (Å²) in [4.78, 5) is 12.6. The van der Waals surface area contributed by atoms with Crippen molar-refractivity contribution in [3.05, 3.63) is 10.2 Å². The van der Waals surface area contributed by atoms with E-state index >= 15 is 0 Å². The van der Waals surface area contributed by atoms with E-state index in [2.05, 4.69) is 30.6 Å². The van der Waals surface area contributed by atoms with Crippen molar-refractivity contribution in [2.75, 3.05) is 0 Å². The minimum Gasteiger partial charge on any atom is -0.348 e. The van der Waals surface area contributed by atoms with Crippen LogP contribution >= 0.6 is 15.9 Å². The zero-order valence-corrected chi connectivity index (χ0v) is 7.31. The molecule has 0 bridgehead atoms. The van der Waals surface area contributed by atoms with Crippen LogP contribution in [0, 0.1) is 0 Å². The number of aliphatic imine (C=N–C) groups is 1. The molecule has 0 aliphatic rings. The molecule has 0 aliphatic heterocycles. The van der Waals surface area contributed by atoms with E-state index in [4.69, 9.17) is 0 Å². The van der Waals surface area contributed by atoms with Crippen molar-refractivity contribution in [1.82, 2.24) is 5.16 Å². The Kier molecular flexibility index (Phi) is 2.53. The molecule has 8 heteroatoms. The number of halogens is 4. The van der Waals surface area contributed by atoms with Crippen LogP contribution in [-0.2, 0) is 11.0 Å². The largest absolute Gasteiger partial charge is 0.453 e. The number of hydrogen-bond acceptors (Lipinski definition) is 4. The van der Waals surface area contributed by atoms with Crippen LogP contribution in [0.1, 0.15) is 5.76 Å². The maximum atomic E-state index is 12.0. The maximum absolute atomic E-state index is 12.0. The summed E-state index contributed by atoms with van der Waals surface area (Å²) in [6, 6.07) is 0. The fraction of sp³-hybridized carbons (Fsp3) is 0.200. The fourth-order valence-electron chi connectivity index (χ4n) is 0.559. The van der Waals surface area contributed by atoms with E-state index in [0.717, 1.165) is 6.08 Å². The Bertz CT molecular complexity index is 366. The van der Waals surface area contributed by atoms with Gasteiger partial charge in [-0.15, -0.1) is 4.99 Å². The van der Waals surface area contributed by atoms with E-state index in [1.54, 1.807) is 0 Å². The van der Waals surface area contributed by atoms with E-state index in [0.29, 0.717) is 0 Å². The summed E-state index contributed by atoms with van der Waals surface area (Å²) in [5.74, 6) is -1.82. The summed E-state index contributed by atoms with van der Waals surface area (Å²) in [7, 11) is 0. The Morgan fingerprint density at radius 3 is 2.54 bits per heavy atom. The topological polar surface area (TPSA) is 55.5 Å². The van der Waals surface area contributed by atoms with Gasteiger partial charge in [-0.3, -0.25) is 0 Å². The molecular formula is C5BrF3N2O2. The zero-order chi connectivity index (χ0) is 10.1. The molecule has 0 atom stereocenters. The van der Waals surface area contributed by atoms with Crippen LogP contribution in [0.25, 0.3) is 0 Å². The molecule has 0 fully saturated rings. The van der Waals surface area contributed by atoms with Gasteiger partial charge in [0.1, 0.15) is 4.47 Å². The van der Waals surface area contributed by atoms with Crippen LogP contribution in [0.2, 0.25) is 0 Å². The van der Waals surface area contributed by atoms with E-state index in [1.807, 2.05) is 0 Å². The molecule has 0 unspecified atom stereocenters. The SMILES string of the molecule is O=C=Nc1noc(C(F)(F)F)c1Br. The fourth-order valence-corrected chi connectivity index (χ4v) is 1.02. The number of nitrogens with zero attached hydrogens (tertiary/aromatic N) is 2. The molecule has 1 rings (SSSR count).